The first kappa shape index (κ1) is 15.7. The van der Waals surface area contributed by atoms with Gasteiger partial charge in [0.2, 0.25) is 5.91 Å². The maximum Gasteiger partial charge on any atom is 0.270 e. The Balaban J connectivity index is 1.53. The fraction of sp³-hybridized carbons (Fsp3) is 0.625. The third-order valence-electron chi connectivity index (χ3n) is 4.40. The van der Waals surface area contributed by atoms with Gasteiger partial charge >= 0.3 is 0 Å². The topological polar surface area (TPSA) is 95.2 Å². The molecular formula is C16H22N4O3. The molecule has 3 rings (SSSR count). The largest absolute Gasteiger partial charge is 0.350 e. The zero-order chi connectivity index (χ0) is 16.4. The molecule has 124 valence electrons. The highest BCUT2D eigenvalue weighted by Gasteiger charge is 2.35. The highest BCUT2D eigenvalue weighted by molar-refractivity contribution is 5.92. The highest BCUT2D eigenvalue weighted by Crippen LogP contribution is 2.32. The molecule has 0 radical (unpaired) electrons. The molecule has 1 saturated carbocycles. The van der Waals surface area contributed by atoms with Crippen molar-refractivity contribution >= 4 is 11.8 Å². The second-order valence-corrected chi connectivity index (χ2v) is 6.49. The number of carbonyl (C=O) groups is 2. The Hall–Kier alpha value is -2.18. The molecule has 1 aliphatic heterocycles. The van der Waals surface area contributed by atoms with E-state index in [9.17, 15) is 14.4 Å². The number of rotatable bonds is 4. The molecule has 1 saturated heterocycles. The lowest BCUT2D eigenvalue weighted by atomic mass is 9.97. The number of amides is 2. The Kier molecular flexibility index (Phi) is 4.45. The number of hydrogen-bond donors (Lipinski definition) is 2. The number of H-pyrrole nitrogens is 1. The molecule has 0 aromatic carbocycles. The summed E-state index contributed by atoms with van der Waals surface area (Å²) in [5.74, 6) is 0.851. The summed E-state index contributed by atoms with van der Waals surface area (Å²) in [5, 5.41) is 2.84. The standard InChI is InChI=1S/C16H22N4O3/c1-10-18-13(7-14(21)19-10)15(22)17-8-11-3-2-6-20(9-11)16(23)12-4-5-12/h7,11-12H,2-6,8-9H2,1H3,(H,17,22)(H,18,19,21)/t11-/m1/s1. The van der Waals surface area contributed by atoms with E-state index in [1.54, 1.807) is 6.92 Å². The van der Waals surface area contributed by atoms with Crippen LogP contribution in [0.1, 0.15) is 42.0 Å². The lowest BCUT2D eigenvalue weighted by Gasteiger charge is -2.33. The number of aromatic nitrogens is 2. The molecule has 2 N–H and O–H groups in total. The molecular weight excluding hydrogens is 296 g/mol. The summed E-state index contributed by atoms with van der Waals surface area (Å²) in [6.45, 7) is 3.67. The fourth-order valence-corrected chi connectivity index (χ4v) is 3.04. The Morgan fingerprint density at radius 1 is 1.39 bits per heavy atom. The van der Waals surface area contributed by atoms with Crippen LogP contribution in [0.5, 0.6) is 0 Å². The fourth-order valence-electron chi connectivity index (χ4n) is 3.04. The summed E-state index contributed by atoms with van der Waals surface area (Å²) >= 11 is 0. The van der Waals surface area contributed by atoms with Gasteiger partial charge in [0.25, 0.3) is 11.5 Å². The minimum absolute atomic E-state index is 0.132. The lowest BCUT2D eigenvalue weighted by molar-refractivity contribution is -0.134. The SMILES string of the molecule is Cc1nc(C(=O)NC[C@H]2CCCN(C(=O)C3CC3)C2)cc(=O)[nH]1. The molecule has 2 amide bonds. The van der Waals surface area contributed by atoms with Crippen LogP contribution in [0.25, 0.3) is 0 Å². The van der Waals surface area contributed by atoms with Crippen LogP contribution in [0.4, 0.5) is 0 Å². The molecule has 23 heavy (non-hydrogen) atoms. The zero-order valence-electron chi connectivity index (χ0n) is 13.3. The van der Waals surface area contributed by atoms with Crippen LogP contribution < -0.4 is 10.9 Å². The van der Waals surface area contributed by atoms with Crippen LogP contribution in [0, 0.1) is 18.8 Å². The van der Waals surface area contributed by atoms with Gasteiger partial charge in [-0.1, -0.05) is 0 Å². The summed E-state index contributed by atoms with van der Waals surface area (Å²) in [7, 11) is 0. The normalized spacial score (nSPS) is 21.1. The maximum atomic E-state index is 12.1. The van der Waals surface area contributed by atoms with Gasteiger partial charge in [0.1, 0.15) is 11.5 Å². The number of nitrogens with one attached hydrogen (secondary N) is 2. The second-order valence-electron chi connectivity index (χ2n) is 6.49. The predicted octanol–water partition coefficient (Wildman–Crippen LogP) is 0.457. The number of aromatic amines is 1. The van der Waals surface area contributed by atoms with E-state index in [0.717, 1.165) is 32.2 Å². The Labute approximate surface area is 134 Å². The summed E-state index contributed by atoms with van der Waals surface area (Å²) in [6.07, 6.45) is 4.01. The average Bonchev–Trinajstić information content (AvgIpc) is 3.36. The van der Waals surface area contributed by atoms with E-state index in [4.69, 9.17) is 0 Å². The molecule has 2 fully saturated rings. The van der Waals surface area contributed by atoms with Crippen LogP contribution in [0.15, 0.2) is 10.9 Å². The number of piperidine rings is 1. The molecule has 0 bridgehead atoms. The van der Waals surface area contributed by atoms with Gasteiger partial charge in [0.05, 0.1) is 0 Å². The van der Waals surface area contributed by atoms with Gasteiger partial charge in [0, 0.05) is 31.6 Å². The lowest BCUT2D eigenvalue weighted by Crippen LogP contribution is -2.44. The van der Waals surface area contributed by atoms with E-state index in [2.05, 4.69) is 15.3 Å². The van der Waals surface area contributed by atoms with Crippen molar-refractivity contribution in [2.45, 2.75) is 32.6 Å². The number of carbonyl (C=O) groups excluding carboxylic acids is 2. The average molecular weight is 318 g/mol. The van der Waals surface area contributed by atoms with Gasteiger partial charge in [-0.3, -0.25) is 14.4 Å². The smallest absolute Gasteiger partial charge is 0.270 e. The molecule has 1 aromatic heterocycles. The van der Waals surface area contributed by atoms with Crippen molar-refractivity contribution in [1.29, 1.82) is 0 Å². The molecule has 0 spiro atoms. The van der Waals surface area contributed by atoms with E-state index < -0.39 is 0 Å². The van der Waals surface area contributed by atoms with Gasteiger partial charge in [-0.25, -0.2) is 4.98 Å². The highest BCUT2D eigenvalue weighted by atomic mass is 16.2. The van der Waals surface area contributed by atoms with Crippen molar-refractivity contribution in [3.8, 4) is 0 Å². The van der Waals surface area contributed by atoms with Crippen LogP contribution in [0.3, 0.4) is 0 Å². The van der Waals surface area contributed by atoms with Crippen molar-refractivity contribution in [2.75, 3.05) is 19.6 Å². The van der Waals surface area contributed by atoms with E-state index in [1.165, 1.54) is 6.07 Å². The second kappa shape index (κ2) is 6.52. The van der Waals surface area contributed by atoms with Crippen molar-refractivity contribution < 1.29 is 9.59 Å². The first-order valence-corrected chi connectivity index (χ1v) is 8.18. The van der Waals surface area contributed by atoms with E-state index in [1.807, 2.05) is 4.90 Å². The van der Waals surface area contributed by atoms with Crippen LogP contribution in [-0.4, -0.2) is 46.3 Å². The van der Waals surface area contributed by atoms with Crippen molar-refractivity contribution in [2.24, 2.45) is 11.8 Å². The molecule has 0 unspecified atom stereocenters. The zero-order valence-corrected chi connectivity index (χ0v) is 13.3. The van der Waals surface area contributed by atoms with Gasteiger partial charge in [-0.05, 0) is 38.5 Å². The molecule has 2 aliphatic rings. The van der Waals surface area contributed by atoms with E-state index >= 15 is 0 Å². The van der Waals surface area contributed by atoms with Crippen molar-refractivity contribution in [3.05, 3.63) is 27.9 Å². The summed E-state index contributed by atoms with van der Waals surface area (Å²) in [5.41, 5.74) is -0.200. The first-order valence-electron chi connectivity index (χ1n) is 8.18. The number of likely N-dealkylation sites (tertiary alicyclic amines) is 1. The molecule has 7 nitrogen and oxygen atoms in total. The number of nitrogens with zero attached hydrogens (tertiary/aromatic N) is 2. The Bertz CT molecular complexity index is 666. The first-order chi connectivity index (χ1) is 11.0. The van der Waals surface area contributed by atoms with Gasteiger partial charge in [0.15, 0.2) is 0 Å². The molecule has 2 heterocycles. The van der Waals surface area contributed by atoms with Crippen LogP contribution >= 0.6 is 0 Å². The quantitative estimate of drug-likeness (QED) is 0.843. The van der Waals surface area contributed by atoms with E-state index in [-0.39, 0.29) is 34.9 Å². The molecule has 1 aliphatic carbocycles. The Morgan fingerprint density at radius 2 is 2.17 bits per heavy atom. The Morgan fingerprint density at radius 3 is 2.87 bits per heavy atom. The minimum Gasteiger partial charge on any atom is -0.350 e. The van der Waals surface area contributed by atoms with Gasteiger partial charge < -0.3 is 15.2 Å². The monoisotopic (exact) mass is 318 g/mol. The summed E-state index contributed by atoms with van der Waals surface area (Å²) in [6, 6.07) is 1.20. The maximum absolute atomic E-state index is 12.1. The predicted molar refractivity (Wildman–Crippen MR) is 84.0 cm³/mol. The van der Waals surface area contributed by atoms with Crippen LogP contribution in [-0.2, 0) is 4.79 Å². The van der Waals surface area contributed by atoms with Gasteiger partial charge in [-0.2, -0.15) is 0 Å². The van der Waals surface area contributed by atoms with E-state index in [0.29, 0.717) is 18.9 Å². The summed E-state index contributed by atoms with van der Waals surface area (Å²) in [4.78, 5) is 44.1. The minimum atomic E-state index is -0.343. The van der Waals surface area contributed by atoms with Crippen LogP contribution in [0.2, 0.25) is 0 Å². The molecule has 1 atom stereocenters. The van der Waals surface area contributed by atoms with Gasteiger partial charge in [-0.15, -0.1) is 0 Å². The third kappa shape index (κ3) is 3.97. The number of aryl methyl sites for hydroxylation is 1. The van der Waals surface area contributed by atoms with Crippen molar-refractivity contribution in [3.63, 3.8) is 0 Å². The third-order valence-corrected chi connectivity index (χ3v) is 4.40. The van der Waals surface area contributed by atoms with Crippen molar-refractivity contribution in [1.82, 2.24) is 20.2 Å². The summed E-state index contributed by atoms with van der Waals surface area (Å²) < 4.78 is 0. The number of hydrogen-bond acceptors (Lipinski definition) is 4. The molecule has 7 heteroatoms. The molecule has 1 aromatic rings.